The van der Waals surface area contributed by atoms with Crippen LogP contribution < -0.4 is 14.8 Å². The van der Waals surface area contributed by atoms with Gasteiger partial charge in [0.1, 0.15) is 35.2 Å². The van der Waals surface area contributed by atoms with Crippen molar-refractivity contribution >= 4 is 11.8 Å². The molecule has 3 heterocycles. The van der Waals surface area contributed by atoms with Gasteiger partial charge < -0.3 is 24.2 Å². The molecule has 3 aromatic rings. The first kappa shape index (κ1) is 28.6. The number of nitrogens with zero attached hydrogens (tertiary/aromatic N) is 3. The Bertz CT molecular complexity index is 1390. The highest BCUT2D eigenvalue weighted by Gasteiger charge is 2.39. The predicted molar refractivity (Wildman–Crippen MR) is 151 cm³/mol. The van der Waals surface area contributed by atoms with E-state index in [1.54, 1.807) is 17.9 Å². The maximum Gasteiger partial charge on any atom is 0.259 e. The SMILES string of the molecule is CCc1noc(C)c1C(=O)N1CCCNC(=O)[C@H]2CN(Cc3ccc(F)cc3OC)C[C@@H]2c2cccc(c2)OCC1. The van der Waals surface area contributed by atoms with Gasteiger partial charge in [0.15, 0.2) is 0 Å². The molecule has 1 N–H and O–H groups in total. The standard InChI is InChI=1S/C31H37FN4O5/c1-4-27-29(20(2)41-34-27)31(38)36-12-6-11-33-30(37)26-19-35(17-22-9-10-23(32)16-28(22)39-3)18-25(26)21-7-5-8-24(15-21)40-14-13-36/h5,7-10,15-16,25-26H,4,6,11-14,17-19H2,1-3H3,(H,33,37)/t25-,26+/m1/s1. The molecule has 2 aliphatic rings. The van der Waals surface area contributed by atoms with E-state index < -0.39 is 0 Å². The van der Waals surface area contributed by atoms with Gasteiger partial charge in [-0.3, -0.25) is 14.5 Å². The fourth-order valence-corrected chi connectivity index (χ4v) is 5.84. The molecule has 0 unspecified atom stereocenters. The summed E-state index contributed by atoms with van der Waals surface area (Å²) in [5.74, 6) is 0.878. The number of rotatable bonds is 5. The summed E-state index contributed by atoms with van der Waals surface area (Å²) in [6.45, 7) is 7.08. The summed E-state index contributed by atoms with van der Waals surface area (Å²) in [4.78, 5) is 31.0. The lowest BCUT2D eigenvalue weighted by atomic mass is 9.88. The van der Waals surface area contributed by atoms with Crippen LogP contribution in [0.5, 0.6) is 11.5 Å². The van der Waals surface area contributed by atoms with E-state index >= 15 is 0 Å². The van der Waals surface area contributed by atoms with Gasteiger partial charge in [0.05, 0.1) is 25.3 Å². The lowest BCUT2D eigenvalue weighted by Crippen LogP contribution is -2.39. The molecule has 2 atom stereocenters. The number of likely N-dealkylation sites (tertiary alicyclic amines) is 1. The number of benzene rings is 2. The lowest BCUT2D eigenvalue weighted by molar-refractivity contribution is -0.125. The number of nitrogens with one attached hydrogen (secondary N) is 1. The summed E-state index contributed by atoms with van der Waals surface area (Å²) >= 11 is 0. The number of aryl methyl sites for hydroxylation is 2. The van der Waals surface area contributed by atoms with E-state index in [9.17, 15) is 14.0 Å². The monoisotopic (exact) mass is 564 g/mol. The van der Waals surface area contributed by atoms with Gasteiger partial charge in [0.25, 0.3) is 5.91 Å². The largest absolute Gasteiger partial charge is 0.496 e. The average Bonchev–Trinajstić information content (AvgIpc) is 3.57. The van der Waals surface area contributed by atoms with Crippen LogP contribution in [-0.2, 0) is 17.8 Å². The molecule has 2 aliphatic heterocycles. The number of carbonyl (C=O) groups is 2. The van der Waals surface area contributed by atoms with E-state index in [1.165, 1.54) is 19.2 Å². The molecule has 0 saturated carbocycles. The van der Waals surface area contributed by atoms with Gasteiger partial charge in [-0.15, -0.1) is 0 Å². The number of ether oxygens (including phenoxy) is 2. The highest BCUT2D eigenvalue weighted by Crippen LogP contribution is 2.36. The molecule has 0 aliphatic carbocycles. The Labute approximate surface area is 239 Å². The molecule has 10 heteroatoms. The molecule has 0 radical (unpaired) electrons. The molecule has 1 fully saturated rings. The molecular formula is C31H37FN4O5. The van der Waals surface area contributed by atoms with E-state index in [-0.39, 0.29) is 29.5 Å². The lowest BCUT2D eigenvalue weighted by Gasteiger charge is -2.25. The Morgan fingerprint density at radius 3 is 2.80 bits per heavy atom. The van der Waals surface area contributed by atoms with Gasteiger partial charge in [-0.1, -0.05) is 30.3 Å². The van der Waals surface area contributed by atoms with E-state index in [0.29, 0.717) is 87.2 Å². The quantitative estimate of drug-likeness (QED) is 0.501. The second-order valence-corrected chi connectivity index (χ2v) is 10.6. The van der Waals surface area contributed by atoms with Crippen LogP contribution in [0.3, 0.4) is 0 Å². The normalized spacial score (nSPS) is 20.1. The molecule has 41 heavy (non-hydrogen) atoms. The van der Waals surface area contributed by atoms with Crippen LogP contribution in [0.2, 0.25) is 0 Å². The number of hydrogen-bond donors (Lipinski definition) is 1. The summed E-state index contributed by atoms with van der Waals surface area (Å²) < 4.78 is 30.6. The fourth-order valence-electron chi connectivity index (χ4n) is 5.84. The minimum absolute atomic E-state index is 0.0204. The maximum absolute atomic E-state index is 13.8. The van der Waals surface area contributed by atoms with Crippen LogP contribution in [0.4, 0.5) is 4.39 Å². The van der Waals surface area contributed by atoms with Crippen molar-refractivity contribution in [1.29, 1.82) is 0 Å². The van der Waals surface area contributed by atoms with Crippen molar-refractivity contribution in [2.75, 3.05) is 46.4 Å². The molecule has 1 saturated heterocycles. The summed E-state index contributed by atoms with van der Waals surface area (Å²) in [7, 11) is 1.53. The minimum Gasteiger partial charge on any atom is -0.496 e. The fraction of sp³-hybridized carbons (Fsp3) is 0.452. The Hall–Kier alpha value is -3.92. The first-order chi connectivity index (χ1) is 19.9. The minimum atomic E-state index is -0.348. The molecule has 0 spiro atoms. The molecule has 9 nitrogen and oxygen atoms in total. The van der Waals surface area contributed by atoms with Gasteiger partial charge in [-0.25, -0.2) is 4.39 Å². The molecule has 218 valence electrons. The van der Waals surface area contributed by atoms with Crippen molar-refractivity contribution < 1.29 is 28.0 Å². The second kappa shape index (κ2) is 12.7. The van der Waals surface area contributed by atoms with Crippen molar-refractivity contribution in [3.63, 3.8) is 0 Å². The Kier molecular flexibility index (Phi) is 8.87. The van der Waals surface area contributed by atoms with Crippen molar-refractivity contribution in [3.8, 4) is 11.5 Å². The van der Waals surface area contributed by atoms with Crippen LogP contribution in [-0.4, -0.2) is 73.2 Å². The van der Waals surface area contributed by atoms with E-state index in [1.807, 2.05) is 31.2 Å². The first-order valence-electron chi connectivity index (χ1n) is 14.2. The zero-order valence-electron chi connectivity index (χ0n) is 23.8. The van der Waals surface area contributed by atoms with Gasteiger partial charge in [0.2, 0.25) is 5.91 Å². The number of aromatic nitrogens is 1. The van der Waals surface area contributed by atoms with Crippen molar-refractivity contribution in [2.24, 2.45) is 5.92 Å². The molecule has 2 bridgehead atoms. The summed E-state index contributed by atoms with van der Waals surface area (Å²) in [6, 6.07) is 12.4. The number of halogens is 1. The molecule has 2 aromatic carbocycles. The summed E-state index contributed by atoms with van der Waals surface area (Å²) in [5, 5.41) is 7.16. The van der Waals surface area contributed by atoms with Crippen LogP contribution in [0.1, 0.15) is 52.2 Å². The number of hydrogen-bond acceptors (Lipinski definition) is 7. The third-order valence-electron chi connectivity index (χ3n) is 7.96. The highest BCUT2D eigenvalue weighted by molar-refractivity contribution is 5.96. The van der Waals surface area contributed by atoms with E-state index in [4.69, 9.17) is 14.0 Å². The highest BCUT2D eigenvalue weighted by atomic mass is 19.1. The molecule has 5 rings (SSSR count). The van der Waals surface area contributed by atoms with Crippen LogP contribution in [0.15, 0.2) is 47.0 Å². The van der Waals surface area contributed by atoms with E-state index in [0.717, 1.165) is 11.1 Å². The van der Waals surface area contributed by atoms with Crippen molar-refractivity contribution in [1.82, 2.24) is 20.3 Å². The first-order valence-corrected chi connectivity index (χ1v) is 14.2. The third kappa shape index (κ3) is 6.37. The number of amides is 2. The zero-order valence-corrected chi connectivity index (χ0v) is 23.8. The molecule has 2 amide bonds. The number of carbonyl (C=O) groups excluding carboxylic acids is 2. The van der Waals surface area contributed by atoms with Gasteiger partial charge in [-0.05, 0) is 43.5 Å². The van der Waals surface area contributed by atoms with Crippen molar-refractivity contribution in [2.45, 2.75) is 39.2 Å². The van der Waals surface area contributed by atoms with E-state index in [2.05, 4.69) is 15.4 Å². The molecule has 1 aromatic heterocycles. The Balaban J connectivity index is 1.35. The zero-order chi connectivity index (χ0) is 28.9. The van der Waals surface area contributed by atoms with Crippen molar-refractivity contribution in [3.05, 3.63) is 76.4 Å². The number of methoxy groups -OCH3 is 1. The Morgan fingerprint density at radius 2 is 2.00 bits per heavy atom. The number of fused-ring (bicyclic) bond motifs is 4. The summed E-state index contributed by atoms with van der Waals surface area (Å²) in [6.07, 6.45) is 1.20. The van der Waals surface area contributed by atoms with Gasteiger partial charge in [-0.2, -0.15) is 0 Å². The van der Waals surface area contributed by atoms with Gasteiger partial charge >= 0.3 is 0 Å². The average molecular weight is 565 g/mol. The van der Waals surface area contributed by atoms with Gasteiger partial charge in [0, 0.05) is 50.3 Å². The smallest absolute Gasteiger partial charge is 0.259 e. The maximum atomic E-state index is 13.8. The third-order valence-corrected chi connectivity index (χ3v) is 7.96. The summed E-state index contributed by atoms with van der Waals surface area (Å²) in [5.41, 5.74) is 3.04. The second-order valence-electron chi connectivity index (χ2n) is 10.6. The van der Waals surface area contributed by atoms with Crippen LogP contribution >= 0.6 is 0 Å². The molecular weight excluding hydrogens is 527 g/mol. The van der Waals surface area contributed by atoms with Crippen LogP contribution in [0, 0.1) is 18.7 Å². The topological polar surface area (TPSA) is 97.1 Å². The van der Waals surface area contributed by atoms with Crippen LogP contribution in [0.25, 0.3) is 0 Å². The Morgan fingerprint density at radius 1 is 1.17 bits per heavy atom. The predicted octanol–water partition coefficient (Wildman–Crippen LogP) is 3.95.